The van der Waals surface area contributed by atoms with Gasteiger partial charge in [-0.15, -0.1) is 0 Å². The van der Waals surface area contributed by atoms with Crippen molar-refractivity contribution in [3.63, 3.8) is 0 Å². The molecule has 0 rings (SSSR count). The first-order chi connectivity index (χ1) is 5.66. The van der Waals surface area contributed by atoms with E-state index in [1.165, 1.54) is 0 Å². The highest BCUT2D eigenvalue weighted by atomic mass is 16.3. The first-order valence-corrected chi connectivity index (χ1v) is 4.22. The fourth-order valence-electron chi connectivity index (χ4n) is 0.735. The summed E-state index contributed by atoms with van der Waals surface area (Å²) < 4.78 is 0. The van der Waals surface area contributed by atoms with Crippen molar-refractivity contribution in [2.75, 3.05) is 13.2 Å². The van der Waals surface area contributed by atoms with Gasteiger partial charge in [-0.1, -0.05) is 0 Å². The summed E-state index contributed by atoms with van der Waals surface area (Å²) in [4.78, 5) is 10.9. The fraction of sp³-hybridized carbons (Fsp3) is 0.875. The summed E-state index contributed by atoms with van der Waals surface area (Å²) in [5, 5.41) is 19.9. The van der Waals surface area contributed by atoms with Crippen LogP contribution < -0.4 is 5.32 Å². The molecule has 0 heterocycles. The van der Waals surface area contributed by atoms with Gasteiger partial charge >= 0.3 is 0 Å². The topological polar surface area (TPSA) is 69.6 Å². The third-order valence-corrected chi connectivity index (χ3v) is 1.45. The SMILES string of the molecule is CC(O)CCC(=O)NCCCO. The maximum Gasteiger partial charge on any atom is 0.220 e. The Bertz CT molecular complexity index is 125. The van der Waals surface area contributed by atoms with Crippen LogP contribution in [-0.4, -0.2) is 35.4 Å². The largest absolute Gasteiger partial charge is 0.396 e. The Morgan fingerprint density at radius 3 is 2.75 bits per heavy atom. The number of carbonyl (C=O) groups excluding carboxylic acids is 1. The molecule has 0 bridgehead atoms. The van der Waals surface area contributed by atoms with Crippen molar-refractivity contribution in [1.29, 1.82) is 0 Å². The molecule has 1 unspecified atom stereocenters. The molecule has 0 saturated heterocycles. The van der Waals surface area contributed by atoms with Crippen LogP contribution in [0.2, 0.25) is 0 Å². The van der Waals surface area contributed by atoms with E-state index < -0.39 is 6.10 Å². The molecule has 0 aromatic heterocycles. The Kier molecular flexibility index (Phi) is 6.70. The Morgan fingerprint density at radius 1 is 1.58 bits per heavy atom. The van der Waals surface area contributed by atoms with Crippen LogP contribution in [0.4, 0.5) is 0 Å². The van der Waals surface area contributed by atoms with Crippen molar-refractivity contribution in [3.8, 4) is 0 Å². The van der Waals surface area contributed by atoms with E-state index in [0.717, 1.165) is 0 Å². The third kappa shape index (κ3) is 7.50. The summed E-state index contributed by atoms with van der Waals surface area (Å²) in [6, 6.07) is 0. The first kappa shape index (κ1) is 11.4. The highest BCUT2D eigenvalue weighted by Gasteiger charge is 2.02. The fourth-order valence-corrected chi connectivity index (χ4v) is 0.735. The lowest BCUT2D eigenvalue weighted by atomic mass is 10.2. The number of amides is 1. The molecule has 12 heavy (non-hydrogen) atoms. The van der Waals surface area contributed by atoms with Crippen molar-refractivity contribution >= 4 is 5.91 Å². The number of aliphatic hydroxyl groups excluding tert-OH is 2. The smallest absolute Gasteiger partial charge is 0.220 e. The van der Waals surface area contributed by atoms with Gasteiger partial charge in [-0.25, -0.2) is 0 Å². The molecule has 1 amide bonds. The van der Waals surface area contributed by atoms with Crippen LogP contribution in [0.25, 0.3) is 0 Å². The molecule has 0 fully saturated rings. The summed E-state index contributed by atoms with van der Waals surface area (Å²) in [5.41, 5.74) is 0. The molecule has 0 aliphatic heterocycles. The lowest BCUT2D eigenvalue weighted by Gasteiger charge is -2.04. The average molecular weight is 175 g/mol. The third-order valence-electron chi connectivity index (χ3n) is 1.45. The lowest BCUT2D eigenvalue weighted by molar-refractivity contribution is -0.121. The molecule has 0 aliphatic carbocycles. The van der Waals surface area contributed by atoms with Crippen molar-refractivity contribution < 1.29 is 15.0 Å². The van der Waals surface area contributed by atoms with Crippen LogP contribution in [0, 0.1) is 0 Å². The zero-order chi connectivity index (χ0) is 9.40. The summed E-state index contributed by atoms with van der Waals surface area (Å²) in [5.74, 6) is -0.0654. The quantitative estimate of drug-likeness (QED) is 0.483. The molecule has 4 nitrogen and oxygen atoms in total. The molecule has 0 saturated carbocycles. The molecular weight excluding hydrogens is 158 g/mol. The van der Waals surface area contributed by atoms with E-state index in [2.05, 4.69) is 5.32 Å². The molecule has 1 atom stereocenters. The molecule has 0 aliphatic rings. The van der Waals surface area contributed by atoms with E-state index in [-0.39, 0.29) is 12.5 Å². The Hall–Kier alpha value is -0.610. The van der Waals surface area contributed by atoms with Gasteiger partial charge in [0, 0.05) is 19.6 Å². The van der Waals surface area contributed by atoms with Gasteiger partial charge in [0.15, 0.2) is 0 Å². The normalized spacial score (nSPS) is 12.6. The summed E-state index contributed by atoms with van der Waals surface area (Å²) >= 11 is 0. The Morgan fingerprint density at radius 2 is 2.25 bits per heavy atom. The molecule has 4 heteroatoms. The minimum atomic E-state index is -0.423. The second-order valence-electron chi connectivity index (χ2n) is 2.81. The van der Waals surface area contributed by atoms with Gasteiger partial charge < -0.3 is 15.5 Å². The van der Waals surface area contributed by atoms with E-state index in [1.807, 2.05) is 0 Å². The van der Waals surface area contributed by atoms with Crippen LogP contribution in [0.3, 0.4) is 0 Å². The standard InChI is InChI=1S/C8H17NO3/c1-7(11)3-4-8(12)9-5-2-6-10/h7,10-11H,2-6H2,1H3,(H,9,12). The molecule has 0 spiro atoms. The number of carbonyl (C=O) groups is 1. The molecule has 0 aromatic carbocycles. The van der Waals surface area contributed by atoms with Crippen LogP contribution >= 0.6 is 0 Å². The molecule has 0 aromatic rings. The maximum absolute atomic E-state index is 10.9. The van der Waals surface area contributed by atoms with Crippen LogP contribution in [0.1, 0.15) is 26.2 Å². The highest BCUT2D eigenvalue weighted by Crippen LogP contribution is 1.94. The summed E-state index contributed by atoms with van der Waals surface area (Å²) in [7, 11) is 0. The average Bonchev–Trinajstić information content (AvgIpc) is 2.01. The number of hydrogen-bond acceptors (Lipinski definition) is 3. The van der Waals surface area contributed by atoms with Gasteiger partial charge in [0.25, 0.3) is 0 Å². The van der Waals surface area contributed by atoms with Crippen LogP contribution in [0.15, 0.2) is 0 Å². The maximum atomic E-state index is 10.9. The number of hydrogen-bond donors (Lipinski definition) is 3. The molecule has 0 radical (unpaired) electrons. The predicted molar refractivity (Wildman–Crippen MR) is 45.6 cm³/mol. The van der Waals surface area contributed by atoms with E-state index in [4.69, 9.17) is 10.2 Å². The van der Waals surface area contributed by atoms with E-state index in [1.54, 1.807) is 6.92 Å². The lowest BCUT2D eigenvalue weighted by Crippen LogP contribution is -2.25. The second-order valence-corrected chi connectivity index (χ2v) is 2.81. The Labute approximate surface area is 72.6 Å². The van der Waals surface area contributed by atoms with Crippen molar-refractivity contribution in [2.45, 2.75) is 32.3 Å². The van der Waals surface area contributed by atoms with Crippen LogP contribution in [0.5, 0.6) is 0 Å². The zero-order valence-electron chi connectivity index (χ0n) is 7.42. The van der Waals surface area contributed by atoms with E-state index >= 15 is 0 Å². The highest BCUT2D eigenvalue weighted by molar-refractivity contribution is 5.75. The predicted octanol–water partition coefficient (Wildman–Crippen LogP) is -0.354. The number of rotatable bonds is 6. The molecule has 72 valence electrons. The van der Waals surface area contributed by atoms with Gasteiger partial charge in [0.05, 0.1) is 6.10 Å². The minimum Gasteiger partial charge on any atom is -0.396 e. The summed E-state index contributed by atoms with van der Waals surface area (Å²) in [6.45, 7) is 2.26. The van der Waals surface area contributed by atoms with Crippen molar-refractivity contribution in [3.05, 3.63) is 0 Å². The van der Waals surface area contributed by atoms with Crippen LogP contribution in [-0.2, 0) is 4.79 Å². The van der Waals surface area contributed by atoms with E-state index in [0.29, 0.717) is 25.8 Å². The van der Waals surface area contributed by atoms with Gasteiger partial charge in [0.2, 0.25) is 5.91 Å². The van der Waals surface area contributed by atoms with Gasteiger partial charge in [-0.3, -0.25) is 4.79 Å². The Balaban J connectivity index is 3.22. The summed E-state index contributed by atoms with van der Waals surface area (Å²) in [6.07, 6.45) is 1.00. The monoisotopic (exact) mass is 175 g/mol. The van der Waals surface area contributed by atoms with Gasteiger partial charge in [-0.2, -0.15) is 0 Å². The van der Waals surface area contributed by atoms with Gasteiger partial charge in [-0.05, 0) is 19.8 Å². The number of nitrogens with one attached hydrogen (secondary N) is 1. The van der Waals surface area contributed by atoms with Crippen molar-refractivity contribution in [2.24, 2.45) is 0 Å². The molecular formula is C8H17NO3. The van der Waals surface area contributed by atoms with Gasteiger partial charge in [0.1, 0.15) is 0 Å². The van der Waals surface area contributed by atoms with E-state index in [9.17, 15) is 4.79 Å². The zero-order valence-corrected chi connectivity index (χ0v) is 7.42. The second kappa shape index (κ2) is 7.06. The number of aliphatic hydroxyl groups is 2. The first-order valence-electron chi connectivity index (χ1n) is 4.22. The molecule has 3 N–H and O–H groups in total. The minimum absolute atomic E-state index is 0.0654. The van der Waals surface area contributed by atoms with Crippen molar-refractivity contribution in [1.82, 2.24) is 5.32 Å².